The summed E-state index contributed by atoms with van der Waals surface area (Å²) in [5.74, 6) is 0.144. The second-order valence-electron chi connectivity index (χ2n) is 8.64. The first-order valence-electron chi connectivity index (χ1n) is 11.8. The normalized spacial score (nSPS) is 17.4. The lowest BCUT2D eigenvalue weighted by Gasteiger charge is -2.28. The third-order valence-electron chi connectivity index (χ3n) is 6.13. The summed E-state index contributed by atoms with van der Waals surface area (Å²) in [6.07, 6.45) is 5.44. The highest BCUT2D eigenvalue weighted by Crippen LogP contribution is 2.26. The van der Waals surface area contributed by atoms with Gasteiger partial charge in [-0.05, 0) is 41.8 Å². The van der Waals surface area contributed by atoms with Gasteiger partial charge >= 0.3 is 0 Å². The Balaban J connectivity index is 0.00000361. The predicted octanol–water partition coefficient (Wildman–Crippen LogP) is 4.30. The van der Waals surface area contributed by atoms with Crippen molar-refractivity contribution < 1.29 is 23.8 Å². The van der Waals surface area contributed by atoms with Crippen molar-refractivity contribution in [1.82, 2.24) is 9.80 Å². The number of ether oxygens (including phenoxy) is 2. The molecule has 0 unspecified atom stereocenters. The third-order valence-corrected chi connectivity index (χ3v) is 6.44. The van der Waals surface area contributed by atoms with E-state index in [2.05, 4.69) is 11.0 Å². The molecule has 1 saturated heterocycles. The molecule has 2 heterocycles. The molecule has 6 nitrogen and oxygen atoms in total. The average molecular weight is 537 g/mol. The highest BCUT2D eigenvalue weighted by molar-refractivity contribution is 6.30. The summed E-state index contributed by atoms with van der Waals surface area (Å²) in [5.41, 5.74) is 2.70. The largest absolute Gasteiger partial charge is 0.490 e. The van der Waals surface area contributed by atoms with Crippen LogP contribution in [0.1, 0.15) is 17.5 Å². The van der Waals surface area contributed by atoms with Crippen molar-refractivity contribution in [2.45, 2.75) is 12.5 Å². The van der Waals surface area contributed by atoms with E-state index in [0.29, 0.717) is 45.1 Å². The number of carbonyl (C=O) groups excluding carboxylic acids is 1. The zero-order chi connectivity index (χ0) is 24.6. The maximum Gasteiger partial charge on any atom is 0.246 e. The van der Waals surface area contributed by atoms with Crippen LogP contribution in [0.25, 0.3) is 11.6 Å². The van der Waals surface area contributed by atoms with Crippen molar-refractivity contribution >= 4 is 41.6 Å². The average Bonchev–Trinajstić information content (AvgIpc) is 2.89. The number of amides is 1. The summed E-state index contributed by atoms with van der Waals surface area (Å²) in [4.78, 5) is 16.3. The minimum atomic E-state index is -0.676. The van der Waals surface area contributed by atoms with Gasteiger partial charge in [0.05, 0.1) is 18.2 Å². The Kier molecular flexibility index (Phi) is 10.8. The highest BCUT2D eigenvalue weighted by atomic mass is 35.5. The second-order valence-corrected chi connectivity index (χ2v) is 9.05. The summed E-state index contributed by atoms with van der Waals surface area (Å²) in [6.45, 7) is 4.34. The van der Waals surface area contributed by atoms with Crippen LogP contribution >= 0.6 is 24.0 Å². The monoisotopic (exact) mass is 536 g/mol. The minimum absolute atomic E-state index is 0. The van der Waals surface area contributed by atoms with E-state index in [4.69, 9.17) is 21.1 Å². The van der Waals surface area contributed by atoms with E-state index in [-0.39, 0.29) is 29.9 Å². The Morgan fingerprint density at radius 1 is 1.19 bits per heavy atom. The van der Waals surface area contributed by atoms with Gasteiger partial charge in [0.15, 0.2) is 0 Å². The Morgan fingerprint density at radius 3 is 2.69 bits per heavy atom. The van der Waals surface area contributed by atoms with Crippen LogP contribution in [0.5, 0.6) is 5.75 Å². The standard InChI is InChI=1S/C27H30ClFN2O4.ClH/c28-24-7-5-22(17-25(24)29)20-9-11-30(12-10-20)18-23(32)19-35-26-4-2-1-3-21(26)6-8-27(33)31-13-15-34-16-14-31;/h1-9,17,23,32H,10-16,18-19H2;1H/t23-;/m0./s1. The van der Waals surface area contributed by atoms with E-state index < -0.39 is 11.9 Å². The molecule has 0 bridgehead atoms. The molecule has 1 N–H and O–H groups in total. The molecule has 1 fully saturated rings. The van der Waals surface area contributed by atoms with Gasteiger partial charge in [-0.2, -0.15) is 0 Å². The van der Waals surface area contributed by atoms with E-state index in [0.717, 1.165) is 29.7 Å². The van der Waals surface area contributed by atoms with Crippen LogP contribution in [0.2, 0.25) is 5.02 Å². The van der Waals surface area contributed by atoms with E-state index >= 15 is 0 Å². The molecule has 36 heavy (non-hydrogen) atoms. The molecule has 2 aromatic carbocycles. The van der Waals surface area contributed by atoms with E-state index in [9.17, 15) is 14.3 Å². The molecule has 0 aromatic heterocycles. The number of morpholine rings is 1. The van der Waals surface area contributed by atoms with Gasteiger partial charge < -0.3 is 19.5 Å². The number of carbonyl (C=O) groups is 1. The molecule has 4 rings (SSSR count). The topological polar surface area (TPSA) is 62.2 Å². The summed E-state index contributed by atoms with van der Waals surface area (Å²) >= 11 is 5.78. The minimum Gasteiger partial charge on any atom is -0.490 e. The molecule has 194 valence electrons. The molecule has 0 aliphatic carbocycles. The van der Waals surface area contributed by atoms with Gasteiger partial charge in [-0.1, -0.05) is 41.9 Å². The van der Waals surface area contributed by atoms with Crippen LogP contribution < -0.4 is 4.74 Å². The molecular formula is C27H31Cl2FN2O4. The van der Waals surface area contributed by atoms with Gasteiger partial charge in [-0.15, -0.1) is 12.4 Å². The van der Waals surface area contributed by atoms with Gasteiger partial charge in [0.1, 0.15) is 24.3 Å². The summed E-state index contributed by atoms with van der Waals surface area (Å²) in [7, 11) is 0. The molecule has 2 aliphatic rings. The SMILES string of the molecule is Cl.O=C(C=Cc1ccccc1OC[C@@H](O)CN1CC=C(c2ccc(Cl)c(F)c2)CC1)N1CCOCC1. The van der Waals surface area contributed by atoms with Crippen LogP contribution in [-0.4, -0.2) is 79.5 Å². The number of aliphatic hydroxyl groups excluding tert-OH is 1. The van der Waals surface area contributed by atoms with Crippen LogP contribution in [0.3, 0.4) is 0 Å². The van der Waals surface area contributed by atoms with E-state index in [1.165, 1.54) is 6.07 Å². The number of aliphatic hydroxyl groups is 1. The van der Waals surface area contributed by atoms with Gasteiger partial charge in [0.25, 0.3) is 0 Å². The first-order valence-corrected chi connectivity index (χ1v) is 12.2. The predicted molar refractivity (Wildman–Crippen MR) is 142 cm³/mol. The first-order chi connectivity index (χ1) is 17.0. The number of hydrogen-bond donors (Lipinski definition) is 1. The second kappa shape index (κ2) is 13.8. The highest BCUT2D eigenvalue weighted by Gasteiger charge is 2.18. The van der Waals surface area contributed by atoms with Crippen LogP contribution in [-0.2, 0) is 9.53 Å². The van der Waals surface area contributed by atoms with Crippen molar-refractivity contribution in [3.05, 3.63) is 76.6 Å². The summed E-state index contributed by atoms with van der Waals surface area (Å²) in [6, 6.07) is 12.3. The van der Waals surface area contributed by atoms with Gasteiger partial charge in [-0.25, -0.2) is 4.39 Å². The zero-order valence-corrected chi connectivity index (χ0v) is 21.5. The maximum absolute atomic E-state index is 13.8. The molecule has 2 aromatic rings. The number of hydrogen-bond acceptors (Lipinski definition) is 5. The molecule has 1 atom stereocenters. The molecule has 0 radical (unpaired) electrons. The lowest BCUT2D eigenvalue weighted by Crippen LogP contribution is -2.39. The zero-order valence-electron chi connectivity index (χ0n) is 19.9. The summed E-state index contributed by atoms with van der Waals surface area (Å²) in [5, 5.41) is 10.7. The van der Waals surface area contributed by atoms with E-state index in [1.54, 1.807) is 23.1 Å². The van der Waals surface area contributed by atoms with Crippen LogP contribution in [0.15, 0.2) is 54.6 Å². The Morgan fingerprint density at radius 2 is 1.97 bits per heavy atom. The number of rotatable bonds is 8. The summed E-state index contributed by atoms with van der Waals surface area (Å²) < 4.78 is 24.9. The molecular weight excluding hydrogens is 506 g/mol. The van der Waals surface area contributed by atoms with Crippen molar-refractivity contribution in [3.63, 3.8) is 0 Å². The number of benzene rings is 2. The molecule has 0 saturated carbocycles. The fourth-order valence-corrected chi connectivity index (χ4v) is 4.29. The molecule has 1 amide bonds. The quantitative estimate of drug-likeness (QED) is 0.509. The van der Waals surface area contributed by atoms with Crippen LogP contribution in [0.4, 0.5) is 4.39 Å². The van der Waals surface area contributed by atoms with Crippen molar-refractivity contribution in [2.75, 3.05) is 52.5 Å². The maximum atomic E-state index is 13.8. The van der Waals surface area contributed by atoms with Gasteiger partial charge in [0.2, 0.25) is 5.91 Å². The lowest BCUT2D eigenvalue weighted by molar-refractivity contribution is -0.129. The van der Waals surface area contributed by atoms with Crippen molar-refractivity contribution in [1.29, 1.82) is 0 Å². The van der Waals surface area contributed by atoms with Crippen LogP contribution in [0, 0.1) is 5.82 Å². The van der Waals surface area contributed by atoms with E-state index in [1.807, 2.05) is 30.3 Å². The first kappa shape index (κ1) is 28.2. The Labute approximate surface area is 222 Å². The third kappa shape index (κ3) is 7.79. The Hall–Kier alpha value is -2.42. The fourth-order valence-electron chi connectivity index (χ4n) is 4.17. The van der Waals surface area contributed by atoms with Crippen molar-refractivity contribution in [2.24, 2.45) is 0 Å². The number of nitrogens with zero attached hydrogens (tertiary/aromatic N) is 2. The smallest absolute Gasteiger partial charge is 0.246 e. The molecule has 2 aliphatic heterocycles. The number of β-amino-alcohol motifs (C(OH)–C–C–N with tert-alkyl or cyclic N) is 1. The fraction of sp³-hybridized carbons (Fsp3) is 0.370. The molecule has 0 spiro atoms. The van der Waals surface area contributed by atoms with Crippen molar-refractivity contribution in [3.8, 4) is 5.75 Å². The van der Waals surface area contributed by atoms with Gasteiger partial charge in [-0.3, -0.25) is 9.69 Å². The lowest BCUT2D eigenvalue weighted by atomic mass is 9.99. The number of halogens is 3. The number of para-hydroxylation sites is 1. The van der Waals surface area contributed by atoms with Gasteiger partial charge in [0, 0.05) is 44.4 Å². The molecule has 9 heteroatoms. The Bertz CT molecular complexity index is 1090.